The molecule has 0 saturated heterocycles. The van der Waals surface area contributed by atoms with E-state index in [9.17, 15) is 9.90 Å². The Balaban J connectivity index is 1.85. The number of aromatic hydroxyl groups is 1. The van der Waals surface area contributed by atoms with Crippen LogP contribution in [0.25, 0.3) is 10.9 Å². The molecule has 3 aromatic carbocycles. The van der Waals surface area contributed by atoms with Gasteiger partial charge in [-0.1, -0.05) is 42.5 Å². The average molecular weight is 444 g/mol. The highest BCUT2D eigenvalue weighted by atomic mass is 16.5. The maximum atomic E-state index is 11.2. The molecule has 1 aromatic heterocycles. The largest absolute Gasteiger partial charge is 0.494 e. The molecular formula is C26H25N3O4. The second-order valence-corrected chi connectivity index (χ2v) is 7.50. The first kappa shape index (κ1) is 22.0. The lowest BCUT2D eigenvalue weighted by atomic mass is 10.0. The number of aromatic nitrogens is 1. The Morgan fingerprint density at radius 3 is 2.30 bits per heavy atom. The Morgan fingerprint density at radius 2 is 1.67 bits per heavy atom. The van der Waals surface area contributed by atoms with Crippen LogP contribution in [0.4, 0.5) is 5.69 Å². The van der Waals surface area contributed by atoms with Crippen molar-refractivity contribution in [3.05, 3.63) is 83.4 Å². The number of H-pyrrole nitrogens is 1. The number of fused-ring (bicyclic) bond motifs is 1. The van der Waals surface area contributed by atoms with Crippen molar-refractivity contribution >= 4 is 28.2 Å². The molecule has 0 fully saturated rings. The first-order valence-electron chi connectivity index (χ1n) is 10.4. The molecule has 0 bridgehead atoms. The molecular weight excluding hydrogens is 418 g/mol. The van der Waals surface area contributed by atoms with Gasteiger partial charge < -0.3 is 24.9 Å². The van der Waals surface area contributed by atoms with E-state index >= 15 is 0 Å². The third-order valence-corrected chi connectivity index (χ3v) is 5.29. The second-order valence-electron chi connectivity index (χ2n) is 7.50. The lowest BCUT2D eigenvalue weighted by molar-refractivity contribution is -0.119. The van der Waals surface area contributed by atoms with E-state index in [1.807, 2.05) is 60.7 Å². The van der Waals surface area contributed by atoms with Crippen LogP contribution >= 0.6 is 0 Å². The number of nitrogens with zero attached hydrogens (tertiary/aromatic N) is 1. The van der Waals surface area contributed by atoms with Crippen molar-refractivity contribution < 1.29 is 19.4 Å². The number of benzene rings is 3. The van der Waals surface area contributed by atoms with Gasteiger partial charge in [-0.3, -0.25) is 4.79 Å². The fourth-order valence-electron chi connectivity index (χ4n) is 3.65. The van der Waals surface area contributed by atoms with E-state index in [2.05, 4.69) is 10.3 Å². The van der Waals surface area contributed by atoms with Gasteiger partial charge in [0.25, 0.3) is 0 Å². The monoisotopic (exact) mass is 443 g/mol. The maximum absolute atomic E-state index is 11.2. The molecule has 7 heteroatoms. The molecule has 0 atom stereocenters. The average Bonchev–Trinajstić information content (AvgIpc) is 3.15. The Bertz CT molecular complexity index is 1310. The van der Waals surface area contributed by atoms with Crippen molar-refractivity contribution in [2.45, 2.75) is 13.5 Å². The van der Waals surface area contributed by atoms with Crippen molar-refractivity contribution in [2.24, 2.45) is 4.99 Å². The predicted molar refractivity (Wildman–Crippen MR) is 129 cm³/mol. The van der Waals surface area contributed by atoms with Gasteiger partial charge in [0, 0.05) is 30.5 Å². The third kappa shape index (κ3) is 4.67. The zero-order valence-electron chi connectivity index (χ0n) is 18.7. The standard InChI is InChI=1S/C26H25N3O4/c1-16(30)27-15-17-9-11-19(12-10-17)28-25(18-7-5-4-6-8-18)24-20-13-22(32-2)23(33-3)14-21(20)29-26(24)31/h4-14,29,31H,15H2,1-3H3,(H,27,30). The Morgan fingerprint density at radius 1 is 1.00 bits per heavy atom. The quantitative estimate of drug-likeness (QED) is 0.361. The SMILES string of the molecule is COc1cc2[nH]c(O)c(C(=Nc3ccc(CNC(C)=O)cc3)c3ccccc3)c2cc1OC. The van der Waals surface area contributed by atoms with Gasteiger partial charge in [-0.25, -0.2) is 4.99 Å². The number of nitrogens with one attached hydrogen (secondary N) is 2. The number of rotatable bonds is 7. The number of ether oxygens (including phenoxy) is 2. The van der Waals surface area contributed by atoms with Gasteiger partial charge in [-0.05, 0) is 23.8 Å². The second kappa shape index (κ2) is 9.48. The molecule has 0 aliphatic carbocycles. The molecule has 0 radical (unpaired) electrons. The van der Waals surface area contributed by atoms with Crippen molar-refractivity contribution in [3.63, 3.8) is 0 Å². The predicted octanol–water partition coefficient (Wildman–Crippen LogP) is 4.70. The van der Waals surface area contributed by atoms with Gasteiger partial charge in [0.2, 0.25) is 5.91 Å². The summed E-state index contributed by atoms with van der Waals surface area (Å²) in [5.74, 6) is 1.04. The molecule has 4 rings (SSSR count). The summed E-state index contributed by atoms with van der Waals surface area (Å²) in [4.78, 5) is 19.1. The molecule has 0 saturated carbocycles. The normalized spacial score (nSPS) is 11.4. The number of carbonyl (C=O) groups excluding carboxylic acids is 1. The van der Waals surface area contributed by atoms with Gasteiger partial charge in [0.15, 0.2) is 17.4 Å². The van der Waals surface area contributed by atoms with Crippen molar-refractivity contribution in [3.8, 4) is 17.4 Å². The first-order chi connectivity index (χ1) is 16.0. The van der Waals surface area contributed by atoms with E-state index in [4.69, 9.17) is 14.5 Å². The van der Waals surface area contributed by atoms with Crippen LogP contribution in [0.2, 0.25) is 0 Å². The summed E-state index contributed by atoms with van der Waals surface area (Å²) >= 11 is 0. The topological polar surface area (TPSA) is 95.9 Å². The van der Waals surface area contributed by atoms with Crippen LogP contribution in [0.15, 0.2) is 71.7 Å². The van der Waals surface area contributed by atoms with Crippen LogP contribution < -0.4 is 14.8 Å². The number of amides is 1. The zero-order chi connectivity index (χ0) is 23.4. The van der Waals surface area contributed by atoms with E-state index in [0.717, 1.165) is 22.2 Å². The number of carbonyl (C=O) groups is 1. The summed E-state index contributed by atoms with van der Waals surface area (Å²) < 4.78 is 10.9. The molecule has 4 aromatic rings. The van der Waals surface area contributed by atoms with Crippen LogP contribution in [0.5, 0.6) is 17.4 Å². The van der Waals surface area contributed by atoms with Gasteiger partial charge in [0.1, 0.15) is 0 Å². The number of aromatic amines is 1. The van der Waals surface area contributed by atoms with Gasteiger partial charge >= 0.3 is 0 Å². The molecule has 0 aliphatic rings. The van der Waals surface area contributed by atoms with Crippen LogP contribution in [0.1, 0.15) is 23.6 Å². The van der Waals surface area contributed by atoms with Crippen LogP contribution in [-0.4, -0.2) is 35.9 Å². The lowest BCUT2D eigenvalue weighted by Gasteiger charge is -2.10. The summed E-state index contributed by atoms with van der Waals surface area (Å²) in [5, 5.41) is 14.4. The molecule has 0 spiro atoms. The van der Waals surface area contributed by atoms with Gasteiger partial charge in [0.05, 0.1) is 36.7 Å². The first-order valence-corrected chi connectivity index (χ1v) is 10.4. The Kier molecular flexibility index (Phi) is 6.31. The van der Waals surface area contributed by atoms with Crippen molar-refractivity contribution in [1.29, 1.82) is 0 Å². The molecule has 0 unspecified atom stereocenters. The van der Waals surface area contributed by atoms with Gasteiger partial charge in [-0.15, -0.1) is 0 Å². The molecule has 3 N–H and O–H groups in total. The zero-order valence-corrected chi connectivity index (χ0v) is 18.7. The molecule has 1 heterocycles. The van der Waals surface area contributed by atoms with Crippen LogP contribution in [-0.2, 0) is 11.3 Å². The third-order valence-electron chi connectivity index (χ3n) is 5.29. The Hall–Kier alpha value is -4.26. The molecule has 0 aliphatic heterocycles. The van der Waals surface area contributed by atoms with E-state index in [1.165, 1.54) is 6.92 Å². The fourth-order valence-corrected chi connectivity index (χ4v) is 3.65. The van der Waals surface area contributed by atoms with Crippen LogP contribution in [0, 0.1) is 0 Å². The van der Waals surface area contributed by atoms with Crippen molar-refractivity contribution in [2.75, 3.05) is 14.2 Å². The molecule has 33 heavy (non-hydrogen) atoms. The number of hydrogen-bond donors (Lipinski definition) is 3. The minimum atomic E-state index is -0.0784. The highest BCUT2D eigenvalue weighted by Gasteiger charge is 2.21. The van der Waals surface area contributed by atoms with Crippen LogP contribution in [0.3, 0.4) is 0 Å². The summed E-state index contributed by atoms with van der Waals surface area (Å²) in [7, 11) is 3.14. The minimum absolute atomic E-state index is 0.00480. The summed E-state index contributed by atoms with van der Waals surface area (Å²) in [6.45, 7) is 1.94. The van der Waals surface area contributed by atoms with Crippen molar-refractivity contribution in [1.82, 2.24) is 10.3 Å². The van der Waals surface area contributed by atoms with E-state index in [0.29, 0.717) is 34.8 Å². The summed E-state index contributed by atoms with van der Waals surface area (Å²) in [6, 6.07) is 20.9. The number of aliphatic imine (C=N–C) groups is 1. The van der Waals surface area contributed by atoms with E-state index in [-0.39, 0.29) is 11.8 Å². The summed E-state index contributed by atoms with van der Waals surface area (Å²) in [5.41, 5.74) is 4.42. The maximum Gasteiger partial charge on any atom is 0.217 e. The summed E-state index contributed by atoms with van der Waals surface area (Å²) in [6.07, 6.45) is 0. The van der Waals surface area contributed by atoms with E-state index < -0.39 is 0 Å². The number of hydrogen-bond acceptors (Lipinski definition) is 5. The number of methoxy groups -OCH3 is 2. The lowest BCUT2D eigenvalue weighted by Crippen LogP contribution is -2.18. The molecule has 1 amide bonds. The highest BCUT2D eigenvalue weighted by molar-refractivity contribution is 6.22. The minimum Gasteiger partial charge on any atom is -0.494 e. The Labute approximate surface area is 191 Å². The smallest absolute Gasteiger partial charge is 0.217 e. The fraction of sp³-hybridized carbons (Fsp3) is 0.154. The molecule has 168 valence electrons. The van der Waals surface area contributed by atoms with E-state index in [1.54, 1.807) is 20.3 Å². The van der Waals surface area contributed by atoms with Gasteiger partial charge in [-0.2, -0.15) is 0 Å². The highest BCUT2D eigenvalue weighted by Crippen LogP contribution is 2.38. The molecule has 7 nitrogen and oxygen atoms in total.